The molecule has 0 spiro atoms. The Balaban J connectivity index is 1.63. The van der Waals surface area contributed by atoms with E-state index in [4.69, 9.17) is 11.6 Å². The molecular formula is C18H16ClN5O. The lowest BCUT2D eigenvalue weighted by molar-refractivity contribution is 0.102. The van der Waals surface area contributed by atoms with E-state index in [1.807, 2.05) is 19.1 Å². The van der Waals surface area contributed by atoms with Crippen LogP contribution in [-0.4, -0.2) is 20.9 Å². The standard InChI is InChI=1S/C18H16ClN5O/c1-12-14(19)5-2-6-15(12)24-18(25)16-10-23-17(11-21-16)22-9-13-4-3-7-20-8-13/h2-8,10-11H,9H2,1H3,(H,22,23)(H,24,25). The molecule has 0 unspecified atom stereocenters. The van der Waals surface area contributed by atoms with Crippen molar-refractivity contribution < 1.29 is 4.79 Å². The summed E-state index contributed by atoms with van der Waals surface area (Å²) in [5.74, 6) is 0.246. The zero-order chi connectivity index (χ0) is 17.6. The van der Waals surface area contributed by atoms with Gasteiger partial charge in [0.1, 0.15) is 11.5 Å². The molecule has 2 aromatic heterocycles. The first-order valence-electron chi connectivity index (χ1n) is 7.65. The minimum Gasteiger partial charge on any atom is -0.365 e. The van der Waals surface area contributed by atoms with Crippen molar-refractivity contribution in [2.75, 3.05) is 10.6 Å². The van der Waals surface area contributed by atoms with Crippen molar-refractivity contribution in [1.29, 1.82) is 0 Å². The molecule has 0 aliphatic heterocycles. The van der Waals surface area contributed by atoms with Gasteiger partial charge in [-0.3, -0.25) is 9.78 Å². The number of hydrogen-bond acceptors (Lipinski definition) is 5. The van der Waals surface area contributed by atoms with Gasteiger partial charge in [-0.1, -0.05) is 23.7 Å². The van der Waals surface area contributed by atoms with Crippen molar-refractivity contribution in [3.63, 3.8) is 0 Å². The largest absolute Gasteiger partial charge is 0.365 e. The number of aromatic nitrogens is 3. The fourth-order valence-electron chi connectivity index (χ4n) is 2.16. The van der Waals surface area contributed by atoms with E-state index in [1.165, 1.54) is 12.4 Å². The first-order valence-corrected chi connectivity index (χ1v) is 8.02. The topological polar surface area (TPSA) is 79.8 Å². The molecule has 0 saturated heterocycles. The van der Waals surface area contributed by atoms with Crippen LogP contribution in [0.25, 0.3) is 0 Å². The maximum Gasteiger partial charge on any atom is 0.275 e. The number of anilines is 2. The van der Waals surface area contributed by atoms with E-state index in [-0.39, 0.29) is 11.6 Å². The highest BCUT2D eigenvalue weighted by molar-refractivity contribution is 6.31. The summed E-state index contributed by atoms with van der Waals surface area (Å²) >= 11 is 6.06. The summed E-state index contributed by atoms with van der Waals surface area (Å²) in [6, 6.07) is 9.17. The first-order chi connectivity index (χ1) is 12.1. The van der Waals surface area contributed by atoms with Crippen molar-refractivity contribution in [2.24, 2.45) is 0 Å². The van der Waals surface area contributed by atoms with Gasteiger partial charge in [-0.25, -0.2) is 9.97 Å². The Bertz CT molecular complexity index is 868. The normalized spacial score (nSPS) is 10.3. The number of nitrogens with one attached hydrogen (secondary N) is 2. The molecule has 7 heteroatoms. The van der Waals surface area contributed by atoms with E-state index in [2.05, 4.69) is 25.6 Å². The Labute approximate surface area is 150 Å². The molecule has 25 heavy (non-hydrogen) atoms. The van der Waals surface area contributed by atoms with Gasteiger partial charge in [0.15, 0.2) is 0 Å². The molecule has 3 rings (SSSR count). The molecular weight excluding hydrogens is 338 g/mol. The van der Waals surface area contributed by atoms with Crippen molar-refractivity contribution >= 4 is 29.0 Å². The molecule has 1 amide bonds. The highest BCUT2D eigenvalue weighted by Crippen LogP contribution is 2.23. The fourth-order valence-corrected chi connectivity index (χ4v) is 2.34. The fraction of sp³-hybridized carbons (Fsp3) is 0.111. The van der Waals surface area contributed by atoms with Gasteiger partial charge in [0.2, 0.25) is 0 Å². The summed E-state index contributed by atoms with van der Waals surface area (Å²) in [6.45, 7) is 2.42. The van der Waals surface area contributed by atoms with Crippen LogP contribution in [0.15, 0.2) is 55.1 Å². The molecule has 0 fully saturated rings. The van der Waals surface area contributed by atoms with Gasteiger partial charge in [-0.05, 0) is 36.2 Å². The molecule has 2 heterocycles. The smallest absolute Gasteiger partial charge is 0.275 e. The summed E-state index contributed by atoms with van der Waals surface area (Å²) < 4.78 is 0. The van der Waals surface area contributed by atoms with E-state index in [1.54, 1.807) is 30.6 Å². The van der Waals surface area contributed by atoms with Gasteiger partial charge >= 0.3 is 0 Å². The van der Waals surface area contributed by atoms with Crippen LogP contribution in [0.3, 0.4) is 0 Å². The second kappa shape index (κ2) is 7.72. The van der Waals surface area contributed by atoms with Crippen LogP contribution < -0.4 is 10.6 Å². The monoisotopic (exact) mass is 353 g/mol. The molecule has 0 atom stereocenters. The SMILES string of the molecule is Cc1c(Cl)cccc1NC(=O)c1cnc(NCc2cccnc2)cn1. The lowest BCUT2D eigenvalue weighted by Crippen LogP contribution is -2.15. The third kappa shape index (κ3) is 4.30. The molecule has 3 aromatic rings. The van der Waals surface area contributed by atoms with E-state index in [9.17, 15) is 4.79 Å². The minimum atomic E-state index is -0.336. The van der Waals surface area contributed by atoms with E-state index < -0.39 is 0 Å². The van der Waals surface area contributed by atoms with Crippen LogP contribution in [0.1, 0.15) is 21.6 Å². The summed E-state index contributed by atoms with van der Waals surface area (Å²) in [5, 5.41) is 6.52. The van der Waals surface area contributed by atoms with E-state index >= 15 is 0 Å². The number of nitrogens with zero attached hydrogens (tertiary/aromatic N) is 3. The van der Waals surface area contributed by atoms with Crippen molar-refractivity contribution in [1.82, 2.24) is 15.0 Å². The molecule has 1 aromatic carbocycles. The van der Waals surface area contributed by atoms with Crippen LogP contribution >= 0.6 is 11.6 Å². The van der Waals surface area contributed by atoms with E-state index in [0.29, 0.717) is 23.1 Å². The molecule has 0 bridgehead atoms. The summed E-state index contributed by atoms with van der Waals surface area (Å²) in [4.78, 5) is 24.7. The summed E-state index contributed by atoms with van der Waals surface area (Å²) in [7, 11) is 0. The average molecular weight is 354 g/mol. The van der Waals surface area contributed by atoms with Crippen LogP contribution in [0.5, 0.6) is 0 Å². The van der Waals surface area contributed by atoms with Crippen molar-refractivity contribution in [3.05, 3.63) is 77.0 Å². The lowest BCUT2D eigenvalue weighted by atomic mass is 10.2. The lowest BCUT2D eigenvalue weighted by Gasteiger charge is -2.09. The molecule has 2 N–H and O–H groups in total. The Morgan fingerprint density at radius 3 is 2.72 bits per heavy atom. The highest BCUT2D eigenvalue weighted by Gasteiger charge is 2.11. The molecule has 6 nitrogen and oxygen atoms in total. The first kappa shape index (κ1) is 16.9. The van der Waals surface area contributed by atoms with Gasteiger partial charge in [-0.2, -0.15) is 0 Å². The number of halogens is 1. The molecule has 0 radical (unpaired) electrons. The maximum absolute atomic E-state index is 12.3. The number of hydrogen-bond donors (Lipinski definition) is 2. The van der Waals surface area contributed by atoms with Crippen LogP contribution in [0.4, 0.5) is 11.5 Å². The van der Waals surface area contributed by atoms with Gasteiger partial charge in [0.25, 0.3) is 5.91 Å². The average Bonchev–Trinajstić information content (AvgIpc) is 2.65. The zero-order valence-corrected chi connectivity index (χ0v) is 14.3. The van der Waals surface area contributed by atoms with Gasteiger partial charge in [-0.15, -0.1) is 0 Å². The number of pyridine rings is 1. The van der Waals surface area contributed by atoms with Crippen molar-refractivity contribution in [3.8, 4) is 0 Å². The number of benzene rings is 1. The number of carbonyl (C=O) groups is 1. The Kier molecular flexibility index (Phi) is 5.20. The van der Waals surface area contributed by atoms with Crippen LogP contribution in [0.2, 0.25) is 5.02 Å². The van der Waals surface area contributed by atoms with E-state index in [0.717, 1.165) is 11.1 Å². The van der Waals surface area contributed by atoms with Crippen LogP contribution in [0, 0.1) is 6.92 Å². The van der Waals surface area contributed by atoms with Gasteiger partial charge in [0, 0.05) is 29.6 Å². The molecule has 0 saturated carbocycles. The van der Waals surface area contributed by atoms with Crippen LogP contribution in [-0.2, 0) is 6.54 Å². The summed E-state index contributed by atoms with van der Waals surface area (Å²) in [5.41, 5.74) is 2.71. The summed E-state index contributed by atoms with van der Waals surface area (Å²) in [6.07, 6.45) is 6.45. The number of rotatable bonds is 5. The van der Waals surface area contributed by atoms with Gasteiger partial charge < -0.3 is 10.6 Å². The quantitative estimate of drug-likeness (QED) is 0.731. The third-order valence-electron chi connectivity index (χ3n) is 3.60. The number of amides is 1. The second-order valence-electron chi connectivity index (χ2n) is 5.37. The molecule has 0 aliphatic rings. The predicted molar refractivity (Wildman–Crippen MR) is 97.7 cm³/mol. The van der Waals surface area contributed by atoms with Crippen molar-refractivity contribution in [2.45, 2.75) is 13.5 Å². The Morgan fingerprint density at radius 1 is 1.12 bits per heavy atom. The number of carbonyl (C=O) groups excluding carboxylic acids is 1. The molecule has 0 aliphatic carbocycles. The zero-order valence-electron chi connectivity index (χ0n) is 13.5. The molecule has 126 valence electrons. The minimum absolute atomic E-state index is 0.228. The maximum atomic E-state index is 12.3. The predicted octanol–water partition coefficient (Wildman–Crippen LogP) is 3.70. The Hall–Kier alpha value is -2.99. The Morgan fingerprint density at radius 2 is 2.00 bits per heavy atom. The third-order valence-corrected chi connectivity index (χ3v) is 4.01. The highest BCUT2D eigenvalue weighted by atomic mass is 35.5. The second-order valence-corrected chi connectivity index (χ2v) is 5.78. The van der Waals surface area contributed by atoms with Gasteiger partial charge in [0.05, 0.1) is 12.4 Å².